The second-order valence-electron chi connectivity index (χ2n) is 5.97. The fourth-order valence-electron chi connectivity index (χ4n) is 2.72. The van der Waals surface area contributed by atoms with Gasteiger partial charge in [-0.15, -0.1) is 0 Å². The van der Waals surface area contributed by atoms with E-state index in [0.29, 0.717) is 22.8 Å². The van der Waals surface area contributed by atoms with Crippen LogP contribution in [-0.4, -0.2) is 29.0 Å². The summed E-state index contributed by atoms with van der Waals surface area (Å²) in [4.78, 5) is 17.1. The minimum absolute atomic E-state index is 0.0114. The van der Waals surface area contributed by atoms with Gasteiger partial charge in [-0.1, -0.05) is 11.8 Å². The van der Waals surface area contributed by atoms with Crippen LogP contribution in [0.4, 0.5) is 4.39 Å². The topological polar surface area (TPSA) is 95.0 Å². The van der Waals surface area contributed by atoms with E-state index in [1.54, 1.807) is 13.0 Å². The molecule has 0 aliphatic carbocycles. The van der Waals surface area contributed by atoms with Crippen molar-refractivity contribution >= 4 is 38.6 Å². The number of Topliss-reactive ketones (excluding diaryl/α,β-unsaturated/α-hetero) is 1. The summed E-state index contributed by atoms with van der Waals surface area (Å²) in [5, 5.41) is 5.33. The monoisotopic (exact) mass is 407 g/mol. The number of carbonyl (C=O) groups excluding carboxylic acids is 1. The van der Waals surface area contributed by atoms with Gasteiger partial charge < -0.3 is 4.57 Å². The highest BCUT2D eigenvalue weighted by Crippen LogP contribution is 2.30. The number of fused-ring (bicyclic) bond motifs is 1. The van der Waals surface area contributed by atoms with Crippen LogP contribution in [0.3, 0.4) is 0 Å². The number of nitrogens with two attached hydrogens (primary N) is 1. The van der Waals surface area contributed by atoms with Gasteiger partial charge in [0.25, 0.3) is 0 Å². The van der Waals surface area contributed by atoms with Crippen LogP contribution in [-0.2, 0) is 16.6 Å². The van der Waals surface area contributed by atoms with Crippen LogP contribution in [0.15, 0.2) is 52.5 Å². The zero-order valence-corrected chi connectivity index (χ0v) is 16.3. The summed E-state index contributed by atoms with van der Waals surface area (Å²) < 4.78 is 38.1. The molecular weight excluding hydrogens is 389 g/mol. The Kier molecular flexibility index (Phi) is 5.36. The molecule has 0 fully saturated rings. The molecule has 27 heavy (non-hydrogen) atoms. The average molecular weight is 407 g/mol. The summed E-state index contributed by atoms with van der Waals surface area (Å²) in [5.41, 5.74) is 1.67. The van der Waals surface area contributed by atoms with E-state index in [1.165, 1.54) is 48.2 Å². The number of benzene rings is 2. The minimum atomic E-state index is -3.82. The lowest BCUT2D eigenvalue weighted by Gasteiger charge is -2.11. The lowest BCUT2D eigenvalue weighted by molar-refractivity contribution is 0.0993. The highest BCUT2D eigenvalue weighted by atomic mass is 32.2. The van der Waals surface area contributed by atoms with Gasteiger partial charge in [-0.2, -0.15) is 0 Å². The maximum atomic E-state index is 13.0. The molecular formula is C18H18FN3O3S2. The second kappa shape index (κ2) is 7.41. The molecule has 1 atom stereocenters. The van der Waals surface area contributed by atoms with Crippen molar-refractivity contribution in [2.24, 2.45) is 5.14 Å². The fraction of sp³-hybridized carbons (Fsp3) is 0.222. The summed E-state index contributed by atoms with van der Waals surface area (Å²) in [5.74, 6) is -0.537. The van der Waals surface area contributed by atoms with E-state index in [4.69, 9.17) is 5.14 Å². The average Bonchev–Trinajstić information content (AvgIpc) is 2.97. The Bertz CT molecular complexity index is 1110. The number of hydrogen-bond donors (Lipinski definition) is 1. The van der Waals surface area contributed by atoms with Crippen molar-refractivity contribution in [2.75, 3.05) is 0 Å². The molecule has 0 aliphatic heterocycles. The smallest absolute Gasteiger partial charge is 0.238 e. The van der Waals surface area contributed by atoms with Crippen LogP contribution in [0.25, 0.3) is 11.0 Å². The number of rotatable bonds is 6. The third-order valence-corrected chi connectivity index (χ3v) is 6.11. The summed E-state index contributed by atoms with van der Waals surface area (Å²) in [6.45, 7) is 4.29. The second-order valence-corrected chi connectivity index (χ2v) is 8.83. The molecule has 3 rings (SSSR count). The number of hydrogen-bond acceptors (Lipinski definition) is 5. The van der Waals surface area contributed by atoms with E-state index >= 15 is 0 Å². The van der Waals surface area contributed by atoms with Crippen LogP contribution >= 0.6 is 11.8 Å². The number of imidazole rings is 1. The van der Waals surface area contributed by atoms with E-state index in [0.717, 1.165) is 5.52 Å². The predicted octanol–water partition coefficient (Wildman–Crippen LogP) is 3.21. The molecule has 0 bridgehead atoms. The normalized spacial score (nSPS) is 13.0. The lowest BCUT2D eigenvalue weighted by Crippen LogP contribution is -2.14. The summed E-state index contributed by atoms with van der Waals surface area (Å²) in [6, 6.07) is 9.93. The molecule has 2 aromatic carbocycles. The quantitative estimate of drug-likeness (QED) is 0.500. The molecule has 2 N–H and O–H groups in total. The van der Waals surface area contributed by atoms with Gasteiger partial charge in [0.2, 0.25) is 10.0 Å². The zero-order valence-electron chi connectivity index (χ0n) is 14.7. The van der Waals surface area contributed by atoms with Crippen molar-refractivity contribution in [1.82, 2.24) is 9.55 Å². The molecule has 0 radical (unpaired) electrons. The van der Waals surface area contributed by atoms with Gasteiger partial charge >= 0.3 is 0 Å². The molecule has 0 spiro atoms. The lowest BCUT2D eigenvalue weighted by atomic mass is 10.1. The minimum Gasteiger partial charge on any atom is -0.319 e. The number of nitrogens with zero attached hydrogens (tertiary/aromatic N) is 2. The number of primary sulfonamides is 1. The highest BCUT2D eigenvalue weighted by molar-refractivity contribution is 8.00. The van der Waals surface area contributed by atoms with Gasteiger partial charge in [0, 0.05) is 12.1 Å². The maximum Gasteiger partial charge on any atom is 0.238 e. The number of ketones is 1. The Balaban J connectivity index is 1.93. The van der Waals surface area contributed by atoms with E-state index in [9.17, 15) is 17.6 Å². The van der Waals surface area contributed by atoms with Crippen LogP contribution in [0.1, 0.15) is 24.2 Å². The third kappa shape index (κ3) is 4.05. The van der Waals surface area contributed by atoms with Crippen molar-refractivity contribution in [3.8, 4) is 0 Å². The van der Waals surface area contributed by atoms with Gasteiger partial charge in [0.1, 0.15) is 5.82 Å². The Labute approximate surface area is 160 Å². The number of halogens is 1. The van der Waals surface area contributed by atoms with Crippen molar-refractivity contribution in [1.29, 1.82) is 0 Å². The number of aryl methyl sites for hydroxylation is 1. The Morgan fingerprint density at radius 2 is 1.93 bits per heavy atom. The van der Waals surface area contributed by atoms with Gasteiger partial charge in [-0.05, 0) is 56.3 Å². The van der Waals surface area contributed by atoms with Crippen molar-refractivity contribution in [3.63, 3.8) is 0 Å². The summed E-state index contributed by atoms with van der Waals surface area (Å²) in [6.07, 6.45) is 0. The molecule has 0 saturated heterocycles. The Morgan fingerprint density at radius 1 is 1.26 bits per heavy atom. The maximum absolute atomic E-state index is 13.0. The molecule has 6 nitrogen and oxygen atoms in total. The van der Waals surface area contributed by atoms with E-state index in [-0.39, 0.29) is 10.7 Å². The van der Waals surface area contributed by atoms with Gasteiger partial charge in [0.15, 0.2) is 10.9 Å². The Morgan fingerprint density at radius 3 is 2.52 bits per heavy atom. The molecule has 0 aliphatic rings. The number of sulfonamides is 1. The molecule has 0 amide bonds. The van der Waals surface area contributed by atoms with Crippen LogP contribution in [0.5, 0.6) is 0 Å². The van der Waals surface area contributed by atoms with Crippen LogP contribution < -0.4 is 5.14 Å². The largest absolute Gasteiger partial charge is 0.319 e. The van der Waals surface area contributed by atoms with Crippen molar-refractivity contribution < 1.29 is 17.6 Å². The highest BCUT2D eigenvalue weighted by Gasteiger charge is 2.21. The first kappa shape index (κ1) is 19.5. The first-order chi connectivity index (χ1) is 12.7. The number of thioether (sulfide) groups is 1. The molecule has 1 heterocycles. The van der Waals surface area contributed by atoms with E-state index < -0.39 is 21.1 Å². The summed E-state index contributed by atoms with van der Waals surface area (Å²) in [7, 11) is -3.82. The first-order valence-electron chi connectivity index (χ1n) is 8.20. The fourth-order valence-corrected chi connectivity index (χ4v) is 4.32. The zero-order chi connectivity index (χ0) is 19.8. The van der Waals surface area contributed by atoms with Gasteiger partial charge in [-0.25, -0.2) is 22.9 Å². The van der Waals surface area contributed by atoms with Gasteiger partial charge in [-0.3, -0.25) is 4.79 Å². The Hall–Kier alpha value is -2.23. The van der Waals surface area contributed by atoms with Crippen molar-refractivity contribution in [2.45, 2.75) is 35.7 Å². The van der Waals surface area contributed by atoms with Crippen LogP contribution in [0.2, 0.25) is 0 Å². The standard InChI is InChI=1S/C18H18FN3O3S2/c1-3-22-16-9-8-14(27(20,24)25)10-15(16)21-18(22)26-11(2)17(23)12-4-6-13(19)7-5-12/h4-11H,3H2,1-2H3,(H2,20,24,25)/t11-/m0/s1. The molecule has 3 aromatic rings. The SMILES string of the molecule is CCn1c(S[C@@H](C)C(=O)c2ccc(F)cc2)nc2cc(S(N)(=O)=O)ccc21. The van der Waals surface area contributed by atoms with Crippen molar-refractivity contribution in [3.05, 3.63) is 53.8 Å². The van der Waals surface area contributed by atoms with E-state index in [1.807, 2.05) is 11.5 Å². The summed E-state index contributed by atoms with van der Waals surface area (Å²) >= 11 is 1.27. The molecule has 1 aromatic heterocycles. The number of carbonyl (C=O) groups is 1. The first-order valence-corrected chi connectivity index (χ1v) is 10.6. The van der Waals surface area contributed by atoms with Crippen LogP contribution in [0, 0.1) is 5.82 Å². The third-order valence-electron chi connectivity index (χ3n) is 4.11. The molecule has 9 heteroatoms. The predicted molar refractivity (Wildman–Crippen MR) is 103 cm³/mol. The van der Waals surface area contributed by atoms with E-state index in [2.05, 4.69) is 4.98 Å². The molecule has 142 valence electrons. The molecule has 0 unspecified atom stereocenters. The van der Waals surface area contributed by atoms with Gasteiger partial charge in [0.05, 0.1) is 21.2 Å². The molecule has 0 saturated carbocycles. The number of aromatic nitrogens is 2.